The van der Waals surface area contributed by atoms with E-state index in [1.807, 2.05) is 0 Å². The van der Waals surface area contributed by atoms with Crippen molar-refractivity contribution in [2.24, 2.45) is 0 Å². The predicted octanol–water partition coefficient (Wildman–Crippen LogP) is 0.611. The van der Waals surface area contributed by atoms with E-state index in [0.29, 0.717) is 6.42 Å². The first-order chi connectivity index (χ1) is 7.63. The number of nitrogens with one attached hydrogen (secondary N) is 1. The van der Waals surface area contributed by atoms with Gasteiger partial charge in [-0.15, -0.1) is 6.42 Å². The molecule has 1 atom stereocenters. The molecule has 1 aromatic rings. The van der Waals surface area contributed by atoms with Crippen LogP contribution in [-0.2, 0) is 11.2 Å². The van der Waals surface area contributed by atoms with E-state index >= 15 is 0 Å². The van der Waals surface area contributed by atoms with Gasteiger partial charge in [0, 0.05) is 0 Å². The Labute approximate surface area is 93.9 Å². The Morgan fingerprint density at radius 1 is 1.44 bits per heavy atom. The summed E-state index contributed by atoms with van der Waals surface area (Å²) in [5.74, 6) is 1.55. The van der Waals surface area contributed by atoms with Gasteiger partial charge in [0.15, 0.2) is 0 Å². The number of phenolic OH excluding ortho intramolecular Hbond substituents is 1. The Morgan fingerprint density at radius 3 is 2.56 bits per heavy atom. The summed E-state index contributed by atoms with van der Waals surface area (Å²) < 4.78 is 0. The van der Waals surface area contributed by atoms with Gasteiger partial charge in [0.25, 0.3) is 0 Å². The fourth-order valence-corrected chi connectivity index (χ4v) is 1.30. The zero-order valence-corrected chi connectivity index (χ0v) is 8.68. The van der Waals surface area contributed by atoms with Gasteiger partial charge in [0.2, 0.25) is 0 Å². The molecule has 0 aliphatic heterocycles. The maximum absolute atomic E-state index is 10.9. The lowest BCUT2D eigenvalue weighted by Crippen LogP contribution is -2.38. The second kappa shape index (κ2) is 5.79. The van der Waals surface area contributed by atoms with Crippen LogP contribution in [0.1, 0.15) is 5.56 Å². The second-order valence-electron chi connectivity index (χ2n) is 3.35. The quantitative estimate of drug-likeness (QED) is 0.635. The number of rotatable bonds is 5. The molecule has 4 heteroatoms. The molecule has 84 valence electrons. The first-order valence-corrected chi connectivity index (χ1v) is 4.81. The average Bonchev–Trinajstić information content (AvgIpc) is 2.26. The molecule has 3 N–H and O–H groups in total. The maximum Gasteiger partial charge on any atom is 0.321 e. The van der Waals surface area contributed by atoms with Crippen LogP contribution in [0.2, 0.25) is 0 Å². The number of benzene rings is 1. The number of hydrogen-bond donors (Lipinski definition) is 3. The Kier molecular flexibility index (Phi) is 4.37. The molecule has 4 nitrogen and oxygen atoms in total. The van der Waals surface area contributed by atoms with Gasteiger partial charge in [-0.25, -0.2) is 0 Å². The summed E-state index contributed by atoms with van der Waals surface area (Å²) in [4.78, 5) is 10.9. The van der Waals surface area contributed by atoms with Crippen molar-refractivity contribution in [3.05, 3.63) is 29.8 Å². The topological polar surface area (TPSA) is 69.6 Å². The molecular formula is C12H13NO3. The number of carboxylic acids is 1. The highest BCUT2D eigenvalue weighted by molar-refractivity contribution is 5.74. The van der Waals surface area contributed by atoms with Crippen LogP contribution in [0.15, 0.2) is 24.3 Å². The van der Waals surface area contributed by atoms with Gasteiger partial charge in [0.05, 0.1) is 6.54 Å². The van der Waals surface area contributed by atoms with Crippen molar-refractivity contribution in [1.29, 1.82) is 0 Å². The maximum atomic E-state index is 10.9. The molecule has 0 radical (unpaired) electrons. The summed E-state index contributed by atoms with van der Waals surface area (Å²) in [5, 5.41) is 20.8. The third kappa shape index (κ3) is 3.64. The van der Waals surface area contributed by atoms with Crippen molar-refractivity contribution in [2.75, 3.05) is 6.54 Å². The van der Waals surface area contributed by atoms with E-state index in [2.05, 4.69) is 11.2 Å². The Hall–Kier alpha value is -1.99. The minimum Gasteiger partial charge on any atom is -0.508 e. The smallest absolute Gasteiger partial charge is 0.321 e. The molecule has 16 heavy (non-hydrogen) atoms. The summed E-state index contributed by atoms with van der Waals surface area (Å²) in [6, 6.07) is 5.71. The largest absolute Gasteiger partial charge is 0.508 e. The van der Waals surface area contributed by atoms with E-state index in [9.17, 15) is 4.79 Å². The molecule has 0 aliphatic rings. The van der Waals surface area contributed by atoms with E-state index in [0.717, 1.165) is 5.56 Å². The monoisotopic (exact) mass is 219 g/mol. The molecule has 0 fully saturated rings. The third-order valence-electron chi connectivity index (χ3n) is 2.12. The highest BCUT2D eigenvalue weighted by Crippen LogP contribution is 2.11. The number of carbonyl (C=O) groups is 1. The van der Waals surface area contributed by atoms with Crippen LogP contribution in [0.4, 0.5) is 0 Å². The first-order valence-electron chi connectivity index (χ1n) is 4.81. The summed E-state index contributed by atoms with van der Waals surface area (Å²) in [7, 11) is 0. The molecule has 1 aromatic carbocycles. The number of phenols is 1. The number of aromatic hydroxyl groups is 1. The summed E-state index contributed by atoms with van der Waals surface area (Å²) in [6.45, 7) is 0.217. The lowest BCUT2D eigenvalue weighted by molar-refractivity contribution is -0.139. The van der Waals surface area contributed by atoms with Gasteiger partial charge in [0.1, 0.15) is 11.8 Å². The van der Waals surface area contributed by atoms with Crippen molar-refractivity contribution in [1.82, 2.24) is 5.32 Å². The molecule has 0 saturated carbocycles. The fourth-order valence-electron chi connectivity index (χ4n) is 1.30. The molecule has 0 aromatic heterocycles. The molecule has 1 unspecified atom stereocenters. The van der Waals surface area contributed by atoms with E-state index in [1.165, 1.54) is 12.1 Å². The Balaban J connectivity index is 2.64. The molecule has 0 amide bonds. The zero-order valence-electron chi connectivity index (χ0n) is 8.68. The molecule has 0 saturated heterocycles. The van der Waals surface area contributed by atoms with Crippen LogP contribution in [0.3, 0.4) is 0 Å². The SMILES string of the molecule is C#CCNC(Cc1ccc(O)cc1)C(=O)O. The van der Waals surface area contributed by atoms with Crippen LogP contribution >= 0.6 is 0 Å². The van der Waals surface area contributed by atoms with Gasteiger partial charge in [-0.1, -0.05) is 18.1 Å². The molecule has 0 spiro atoms. The predicted molar refractivity (Wildman–Crippen MR) is 60.1 cm³/mol. The van der Waals surface area contributed by atoms with Crippen LogP contribution in [0, 0.1) is 12.3 Å². The molecule has 0 heterocycles. The zero-order chi connectivity index (χ0) is 12.0. The number of aliphatic carboxylic acids is 1. The van der Waals surface area contributed by atoms with Crippen LogP contribution in [-0.4, -0.2) is 28.8 Å². The summed E-state index contributed by atoms with van der Waals surface area (Å²) in [6.07, 6.45) is 5.38. The van der Waals surface area contributed by atoms with Crippen LogP contribution in [0.5, 0.6) is 5.75 Å². The molecule has 1 rings (SSSR count). The summed E-state index contributed by atoms with van der Waals surface area (Å²) in [5.41, 5.74) is 0.828. The lowest BCUT2D eigenvalue weighted by Gasteiger charge is -2.12. The highest BCUT2D eigenvalue weighted by atomic mass is 16.4. The van der Waals surface area contributed by atoms with E-state index < -0.39 is 12.0 Å². The number of carboxylic acid groups (broad SMARTS) is 1. The highest BCUT2D eigenvalue weighted by Gasteiger charge is 2.16. The minimum absolute atomic E-state index is 0.159. The molecule has 0 bridgehead atoms. The van der Waals surface area contributed by atoms with Crippen molar-refractivity contribution < 1.29 is 15.0 Å². The molecule has 0 aliphatic carbocycles. The van der Waals surface area contributed by atoms with Gasteiger partial charge in [-0.05, 0) is 24.1 Å². The third-order valence-corrected chi connectivity index (χ3v) is 2.12. The van der Waals surface area contributed by atoms with E-state index in [-0.39, 0.29) is 12.3 Å². The Bertz CT molecular complexity index is 392. The van der Waals surface area contributed by atoms with Crippen LogP contribution in [0.25, 0.3) is 0 Å². The lowest BCUT2D eigenvalue weighted by atomic mass is 10.1. The van der Waals surface area contributed by atoms with E-state index in [1.54, 1.807) is 12.1 Å². The van der Waals surface area contributed by atoms with Crippen molar-refractivity contribution in [3.8, 4) is 18.1 Å². The van der Waals surface area contributed by atoms with Gasteiger partial charge in [-0.3, -0.25) is 10.1 Å². The average molecular weight is 219 g/mol. The second-order valence-corrected chi connectivity index (χ2v) is 3.35. The van der Waals surface area contributed by atoms with Crippen molar-refractivity contribution in [3.63, 3.8) is 0 Å². The van der Waals surface area contributed by atoms with Gasteiger partial charge < -0.3 is 10.2 Å². The first kappa shape index (κ1) is 12.1. The standard InChI is InChI=1S/C12H13NO3/c1-2-7-13-11(12(15)16)8-9-3-5-10(14)6-4-9/h1,3-6,11,13-14H,7-8H2,(H,15,16). The van der Waals surface area contributed by atoms with Gasteiger partial charge in [-0.2, -0.15) is 0 Å². The van der Waals surface area contributed by atoms with Crippen molar-refractivity contribution >= 4 is 5.97 Å². The normalized spacial score (nSPS) is 11.7. The minimum atomic E-state index is -0.941. The number of hydrogen-bond acceptors (Lipinski definition) is 3. The van der Waals surface area contributed by atoms with Crippen molar-refractivity contribution in [2.45, 2.75) is 12.5 Å². The Morgan fingerprint density at radius 2 is 2.06 bits per heavy atom. The fraction of sp³-hybridized carbons (Fsp3) is 0.250. The number of terminal acetylenes is 1. The molecular weight excluding hydrogens is 206 g/mol. The van der Waals surface area contributed by atoms with Crippen LogP contribution < -0.4 is 5.32 Å². The summed E-state index contributed by atoms with van der Waals surface area (Å²) >= 11 is 0. The van der Waals surface area contributed by atoms with Gasteiger partial charge >= 0.3 is 5.97 Å². The van der Waals surface area contributed by atoms with E-state index in [4.69, 9.17) is 16.6 Å².